The molecular formula is C24H28N4O3. The summed E-state index contributed by atoms with van der Waals surface area (Å²) in [5, 5.41) is 3.18. The van der Waals surface area contributed by atoms with Crippen molar-refractivity contribution in [2.75, 3.05) is 19.5 Å². The van der Waals surface area contributed by atoms with Gasteiger partial charge in [-0.15, -0.1) is 0 Å². The quantitative estimate of drug-likeness (QED) is 0.477. The third-order valence-corrected chi connectivity index (χ3v) is 4.80. The van der Waals surface area contributed by atoms with Crippen LogP contribution in [-0.2, 0) is 24.1 Å². The molecular weight excluding hydrogens is 392 g/mol. The lowest BCUT2D eigenvalue weighted by molar-refractivity contribution is 0.0537. The SMILES string of the molecule is CCCc1cc(CCc2cnc(Nc3ccc(OC)cc3)nc2)cc(C(=O)NOC)c1. The number of hydroxylamine groups is 1. The summed E-state index contributed by atoms with van der Waals surface area (Å²) >= 11 is 0. The van der Waals surface area contributed by atoms with Crippen molar-refractivity contribution < 1.29 is 14.4 Å². The van der Waals surface area contributed by atoms with E-state index in [0.29, 0.717) is 11.5 Å². The van der Waals surface area contributed by atoms with Crippen molar-refractivity contribution in [2.24, 2.45) is 0 Å². The zero-order chi connectivity index (χ0) is 22.1. The standard InChI is InChI=1S/C24H28N4O3/c1-4-5-17-12-18(14-20(13-17)23(29)28-31-3)6-7-19-15-25-24(26-16-19)27-21-8-10-22(30-2)11-9-21/h8-16H,4-7H2,1-3H3,(H,28,29)(H,25,26,27). The number of anilines is 2. The van der Waals surface area contributed by atoms with Gasteiger partial charge in [0.25, 0.3) is 5.91 Å². The molecule has 7 heteroatoms. The molecule has 0 spiro atoms. The molecule has 2 aromatic carbocycles. The second-order valence-corrected chi connectivity index (χ2v) is 7.19. The van der Waals surface area contributed by atoms with Crippen LogP contribution < -0.4 is 15.5 Å². The molecule has 0 radical (unpaired) electrons. The molecule has 0 fully saturated rings. The number of hydrogen-bond acceptors (Lipinski definition) is 6. The molecule has 3 aromatic rings. The number of carbonyl (C=O) groups is 1. The van der Waals surface area contributed by atoms with E-state index in [1.165, 1.54) is 7.11 Å². The van der Waals surface area contributed by atoms with Crippen molar-refractivity contribution in [3.63, 3.8) is 0 Å². The van der Waals surface area contributed by atoms with Gasteiger partial charge >= 0.3 is 0 Å². The summed E-state index contributed by atoms with van der Waals surface area (Å²) in [6.45, 7) is 2.13. The van der Waals surface area contributed by atoms with Gasteiger partial charge in [0.05, 0.1) is 14.2 Å². The molecule has 2 N–H and O–H groups in total. The normalized spacial score (nSPS) is 10.5. The zero-order valence-corrected chi connectivity index (χ0v) is 18.1. The Labute approximate surface area is 182 Å². The number of aromatic nitrogens is 2. The molecule has 0 unspecified atom stereocenters. The molecule has 0 saturated carbocycles. The van der Waals surface area contributed by atoms with Crippen LogP contribution in [0.2, 0.25) is 0 Å². The van der Waals surface area contributed by atoms with Crippen molar-refractivity contribution in [2.45, 2.75) is 32.6 Å². The Morgan fingerprint density at radius 1 is 0.903 bits per heavy atom. The molecule has 0 aliphatic heterocycles. The maximum Gasteiger partial charge on any atom is 0.274 e. The topological polar surface area (TPSA) is 85.4 Å². The largest absolute Gasteiger partial charge is 0.497 e. The summed E-state index contributed by atoms with van der Waals surface area (Å²) in [6.07, 6.45) is 7.17. The maximum atomic E-state index is 12.2. The van der Waals surface area contributed by atoms with Crippen LogP contribution in [0.15, 0.2) is 54.9 Å². The highest BCUT2D eigenvalue weighted by Gasteiger charge is 2.09. The molecule has 7 nitrogen and oxygen atoms in total. The van der Waals surface area contributed by atoms with E-state index in [4.69, 9.17) is 9.57 Å². The lowest BCUT2D eigenvalue weighted by Gasteiger charge is -2.10. The van der Waals surface area contributed by atoms with E-state index in [2.05, 4.69) is 33.8 Å². The predicted octanol–water partition coefficient (Wildman–Crippen LogP) is 4.26. The monoisotopic (exact) mass is 420 g/mol. The van der Waals surface area contributed by atoms with E-state index in [-0.39, 0.29) is 5.91 Å². The summed E-state index contributed by atoms with van der Waals surface area (Å²) < 4.78 is 5.16. The molecule has 0 atom stereocenters. The van der Waals surface area contributed by atoms with Crippen LogP contribution in [0.4, 0.5) is 11.6 Å². The van der Waals surface area contributed by atoms with Gasteiger partial charge < -0.3 is 10.1 Å². The Balaban J connectivity index is 1.64. The van der Waals surface area contributed by atoms with Crippen LogP contribution in [0.25, 0.3) is 0 Å². The number of ether oxygens (including phenoxy) is 1. The fraction of sp³-hybridized carbons (Fsp3) is 0.292. The number of hydrogen-bond donors (Lipinski definition) is 2. The average Bonchev–Trinajstić information content (AvgIpc) is 2.79. The lowest BCUT2D eigenvalue weighted by Crippen LogP contribution is -2.22. The van der Waals surface area contributed by atoms with Crippen molar-refractivity contribution in [3.05, 3.63) is 77.1 Å². The molecule has 1 amide bonds. The number of methoxy groups -OCH3 is 1. The lowest BCUT2D eigenvalue weighted by atomic mass is 9.98. The molecule has 162 valence electrons. The van der Waals surface area contributed by atoms with E-state index < -0.39 is 0 Å². The number of aryl methyl sites for hydroxylation is 3. The van der Waals surface area contributed by atoms with Gasteiger partial charge in [0.15, 0.2) is 0 Å². The van der Waals surface area contributed by atoms with Crippen LogP contribution in [0.1, 0.15) is 40.4 Å². The highest BCUT2D eigenvalue weighted by Crippen LogP contribution is 2.18. The van der Waals surface area contributed by atoms with Gasteiger partial charge in [-0.05, 0) is 72.4 Å². The fourth-order valence-electron chi connectivity index (χ4n) is 3.26. The summed E-state index contributed by atoms with van der Waals surface area (Å²) in [5.41, 5.74) is 7.18. The minimum absolute atomic E-state index is 0.237. The van der Waals surface area contributed by atoms with Crippen molar-refractivity contribution in [1.82, 2.24) is 15.4 Å². The number of amides is 1. The molecule has 0 bridgehead atoms. The first-order valence-corrected chi connectivity index (χ1v) is 10.3. The van der Waals surface area contributed by atoms with Crippen LogP contribution in [0, 0.1) is 0 Å². The Bertz CT molecular complexity index is 989. The Morgan fingerprint density at radius 2 is 1.55 bits per heavy atom. The molecule has 3 rings (SSSR count). The first-order chi connectivity index (χ1) is 15.1. The number of rotatable bonds is 10. The summed E-state index contributed by atoms with van der Waals surface area (Å²) in [7, 11) is 3.07. The second kappa shape index (κ2) is 11.1. The molecule has 0 saturated heterocycles. The number of nitrogens with zero attached hydrogens (tertiary/aromatic N) is 2. The van der Waals surface area contributed by atoms with Gasteiger partial charge in [-0.1, -0.05) is 19.4 Å². The average molecular weight is 421 g/mol. The van der Waals surface area contributed by atoms with E-state index in [9.17, 15) is 4.79 Å². The predicted molar refractivity (Wildman–Crippen MR) is 121 cm³/mol. The Kier molecular flexibility index (Phi) is 7.95. The smallest absolute Gasteiger partial charge is 0.274 e. The highest BCUT2D eigenvalue weighted by atomic mass is 16.6. The first-order valence-electron chi connectivity index (χ1n) is 10.3. The molecule has 31 heavy (non-hydrogen) atoms. The van der Waals surface area contributed by atoms with Gasteiger partial charge in [0.2, 0.25) is 5.95 Å². The molecule has 1 heterocycles. The number of benzene rings is 2. The summed E-state index contributed by atoms with van der Waals surface area (Å²) in [6, 6.07) is 13.6. The van der Waals surface area contributed by atoms with Crippen LogP contribution in [-0.4, -0.2) is 30.1 Å². The highest BCUT2D eigenvalue weighted by molar-refractivity contribution is 5.93. The minimum atomic E-state index is -0.237. The first kappa shape index (κ1) is 22.2. The van der Waals surface area contributed by atoms with Gasteiger partial charge in [-0.25, -0.2) is 15.4 Å². The van der Waals surface area contributed by atoms with E-state index in [0.717, 1.165) is 53.8 Å². The zero-order valence-electron chi connectivity index (χ0n) is 18.1. The van der Waals surface area contributed by atoms with Crippen molar-refractivity contribution in [1.29, 1.82) is 0 Å². The van der Waals surface area contributed by atoms with Crippen LogP contribution in [0.5, 0.6) is 5.75 Å². The number of nitrogens with one attached hydrogen (secondary N) is 2. The minimum Gasteiger partial charge on any atom is -0.497 e. The van der Waals surface area contributed by atoms with E-state index in [1.54, 1.807) is 7.11 Å². The Morgan fingerprint density at radius 3 is 2.16 bits per heavy atom. The fourth-order valence-corrected chi connectivity index (χ4v) is 3.26. The van der Waals surface area contributed by atoms with Gasteiger partial charge in [0.1, 0.15) is 5.75 Å². The van der Waals surface area contributed by atoms with E-state index in [1.807, 2.05) is 48.8 Å². The van der Waals surface area contributed by atoms with E-state index >= 15 is 0 Å². The van der Waals surface area contributed by atoms with Crippen molar-refractivity contribution in [3.8, 4) is 5.75 Å². The van der Waals surface area contributed by atoms with Gasteiger partial charge in [0, 0.05) is 23.6 Å². The van der Waals surface area contributed by atoms with Gasteiger partial charge in [-0.2, -0.15) is 0 Å². The molecule has 0 aliphatic rings. The molecule has 1 aromatic heterocycles. The van der Waals surface area contributed by atoms with Crippen LogP contribution in [0.3, 0.4) is 0 Å². The van der Waals surface area contributed by atoms with Crippen LogP contribution >= 0.6 is 0 Å². The number of carbonyl (C=O) groups excluding carboxylic acids is 1. The second-order valence-electron chi connectivity index (χ2n) is 7.19. The third-order valence-electron chi connectivity index (χ3n) is 4.80. The Hall–Kier alpha value is -3.45. The maximum absolute atomic E-state index is 12.2. The van der Waals surface area contributed by atoms with Crippen molar-refractivity contribution >= 4 is 17.5 Å². The summed E-state index contributed by atoms with van der Waals surface area (Å²) in [5.74, 6) is 1.10. The summed E-state index contributed by atoms with van der Waals surface area (Å²) in [4.78, 5) is 25.8. The third kappa shape index (κ3) is 6.52. The molecule has 0 aliphatic carbocycles. The van der Waals surface area contributed by atoms with Gasteiger partial charge in [-0.3, -0.25) is 9.63 Å².